The van der Waals surface area contributed by atoms with E-state index in [2.05, 4.69) is 5.10 Å². The summed E-state index contributed by atoms with van der Waals surface area (Å²) in [6.07, 6.45) is 1.72. The Kier molecular flexibility index (Phi) is 7.12. The Morgan fingerprint density at radius 1 is 1.09 bits per heavy atom. The van der Waals surface area contributed by atoms with E-state index < -0.39 is 4.92 Å². The van der Waals surface area contributed by atoms with Crippen molar-refractivity contribution < 1.29 is 19.2 Å². The van der Waals surface area contributed by atoms with Crippen molar-refractivity contribution in [3.63, 3.8) is 0 Å². The fourth-order valence-corrected chi connectivity index (χ4v) is 3.81. The van der Waals surface area contributed by atoms with Crippen molar-refractivity contribution in [3.8, 4) is 11.5 Å². The van der Waals surface area contributed by atoms with Gasteiger partial charge in [-0.05, 0) is 67.4 Å². The molecule has 0 spiro atoms. The van der Waals surface area contributed by atoms with Crippen molar-refractivity contribution in [3.05, 3.63) is 98.6 Å². The number of non-ortho nitro benzene ring substituents is 1. The summed E-state index contributed by atoms with van der Waals surface area (Å²) < 4.78 is 11.7. The maximum atomic E-state index is 13.0. The van der Waals surface area contributed by atoms with Gasteiger partial charge in [-0.15, -0.1) is 0 Å². The first-order valence-corrected chi connectivity index (χ1v) is 11.2. The smallest absolute Gasteiger partial charge is 0.280 e. The number of hydrogen-bond donors (Lipinski definition) is 0. The molecule has 0 aliphatic carbocycles. The van der Waals surface area contributed by atoms with Crippen LogP contribution in [0.2, 0.25) is 5.02 Å². The largest absolute Gasteiger partial charge is 0.490 e. The summed E-state index contributed by atoms with van der Waals surface area (Å²) in [6.45, 7) is 4.15. The van der Waals surface area contributed by atoms with E-state index in [0.29, 0.717) is 45.7 Å². The van der Waals surface area contributed by atoms with E-state index in [0.717, 1.165) is 5.56 Å². The summed E-state index contributed by atoms with van der Waals surface area (Å²) in [7, 11) is 0. The van der Waals surface area contributed by atoms with Gasteiger partial charge in [0.15, 0.2) is 11.5 Å². The Balaban J connectivity index is 1.58. The number of amides is 1. The molecule has 178 valence electrons. The fourth-order valence-electron chi connectivity index (χ4n) is 3.54. The third kappa shape index (κ3) is 5.33. The topological polar surface area (TPSA) is 94.3 Å². The standard InChI is InChI=1S/C26H22ClN3O5/c1-3-34-24-15-19(13-22-17(2)28-29(26(22)31)20-7-5-4-6-8-20)14-23(27)25(24)35-16-18-9-11-21(12-10-18)30(32)33/h4-15H,3,16H2,1-2H3/b22-13+. The summed E-state index contributed by atoms with van der Waals surface area (Å²) in [5, 5.41) is 16.9. The van der Waals surface area contributed by atoms with E-state index in [-0.39, 0.29) is 18.2 Å². The van der Waals surface area contributed by atoms with Crippen LogP contribution in [0, 0.1) is 10.1 Å². The van der Waals surface area contributed by atoms with Crippen LogP contribution in [-0.2, 0) is 11.4 Å². The first-order chi connectivity index (χ1) is 16.9. The molecule has 1 aliphatic rings. The average Bonchev–Trinajstić information content (AvgIpc) is 3.13. The van der Waals surface area contributed by atoms with Crippen LogP contribution < -0.4 is 14.5 Å². The quantitative estimate of drug-likeness (QED) is 0.218. The van der Waals surface area contributed by atoms with Crippen LogP contribution in [-0.4, -0.2) is 23.1 Å². The summed E-state index contributed by atoms with van der Waals surface area (Å²) in [4.78, 5) is 23.4. The number of nitro benzene ring substituents is 1. The van der Waals surface area contributed by atoms with Crippen molar-refractivity contribution in [2.24, 2.45) is 5.10 Å². The van der Waals surface area contributed by atoms with E-state index in [9.17, 15) is 14.9 Å². The van der Waals surface area contributed by atoms with Gasteiger partial charge in [-0.1, -0.05) is 29.8 Å². The maximum absolute atomic E-state index is 13.0. The average molecular weight is 492 g/mol. The molecule has 0 aromatic heterocycles. The minimum absolute atomic E-state index is 0.00491. The number of carbonyl (C=O) groups excluding carboxylic acids is 1. The molecule has 0 fully saturated rings. The van der Waals surface area contributed by atoms with Crippen molar-refractivity contribution in [1.82, 2.24) is 0 Å². The second-order valence-corrected chi connectivity index (χ2v) is 8.08. The van der Waals surface area contributed by atoms with Crippen LogP contribution in [0.3, 0.4) is 0 Å². The van der Waals surface area contributed by atoms with Crippen LogP contribution in [0.1, 0.15) is 25.0 Å². The monoisotopic (exact) mass is 491 g/mol. The lowest BCUT2D eigenvalue weighted by molar-refractivity contribution is -0.384. The maximum Gasteiger partial charge on any atom is 0.280 e. The lowest BCUT2D eigenvalue weighted by atomic mass is 10.1. The number of para-hydroxylation sites is 1. The second kappa shape index (κ2) is 10.4. The SMILES string of the molecule is CCOc1cc(/C=C2/C(=O)N(c3ccccc3)N=C2C)cc(Cl)c1OCc1ccc([N+](=O)[O-])cc1. The van der Waals surface area contributed by atoms with Gasteiger partial charge in [0.1, 0.15) is 6.61 Å². The van der Waals surface area contributed by atoms with Gasteiger partial charge in [-0.2, -0.15) is 10.1 Å². The van der Waals surface area contributed by atoms with Gasteiger partial charge < -0.3 is 9.47 Å². The Morgan fingerprint density at radius 2 is 1.80 bits per heavy atom. The van der Waals surface area contributed by atoms with Crippen LogP contribution >= 0.6 is 11.6 Å². The van der Waals surface area contributed by atoms with Crippen molar-refractivity contribution >= 4 is 40.7 Å². The molecule has 1 aliphatic heterocycles. The highest BCUT2D eigenvalue weighted by atomic mass is 35.5. The zero-order valence-corrected chi connectivity index (χ0v) is 19.9. The van der Waals surface area contributed by atoms with Crippen LogP contribution in [0.25, 0.3) is 6.08 Å². The molecule has 0 unspecified atom stereocenters. The summed E-state index contributed by atoms with van der Waals surface area (Å²) in [6, 6.07) is 18.7. The third-order valence-electron chi connectivity index (χ3n) is 5.24. The molecule has 0 atom stereocenters. The third-order valence-corrected chi connectivity index (χ3v) is 5.52. The number of halogens is 1. The Bertz CT molecular complexity index is 1320. The van der Waals surface area contributed by atoms with Gasteiger partial charge in [0.05, 0.1) is 33.5 Å². The highest BCUT2D eigenvalue weighted by Crippen LogP contribution is 2.38. The van der Waals surface area contributed by atoms with Crippen LogP contribution in [0.5, 0.6) is 11.5 Å². The number of ether oxygens (including phenoxy) is 2. The molecular weight excluding hydrogens is 470 g/mol. The van der Waals surface area contributed by atoms with E-state index in [1.807, 2.05) is 37.3 Å². The number of benzene rings is 3. The van der Waals surface area contributed by atoms with Crippen molar-refractivity contribution in [1.29, 1.82) is 0 Å². The lowest BCUT2D eigenvalue weighted by Gasteiger charge is -2.15. The zero-order valence-electron chi connectivity index (χ0n) is 19.1. The molecule has 0 saturated carbocycles. The Morgan fingerprint density at radius 3 is 2.46 bits per heavy atom. The summed E-state index contributed by atoms with van der Waals surface area (Å²) in [5.74, 6) is 0.540. The number of rotatable bonds is 8. The molecule has 3 aromatic carbocycles. The minimum Gasteiger partial charge on any atom is -0.490 e. The van der Waals surface area contributed by atoms with Gasteiger partial charge in [0.25, 0.3) is 11.6 Å². The molecule has 0 radical (unpaired) electrons. The molecule has 0 saturated heterocycles. The molecule has 1 amide bonds. The number of carbonyl (C=O) groups is 1. The second-order valence-electron chi connectivity index (χ2n) is 7.67. The number of anilines is 1. The van der Waals surface area contributed by atoms with Crippen molar-refractivity contribution in [2.75, 3.05) is 11.6 Å². The Hall–Kier alpha value is -4.17. The molecule has 35 heavy (non-hydrogen) atoms. The first kappa shape index (κ1) is 24.0. The molecule has 8 nitrogen and oxygen atoms in total. The first-order valence-electron chi connectivity index (χ1n) is 10.9. The highest BCUT2D eigenvalue weighted by Gasteiger charge is 2.28. The predicted molar refractivity (Wildman–Crippen MR) is 135 cm³/mol. The molecular formula is C26H22ClN3O5. The Labute approximate surface area is 207 Å². The summed E-state index contributed by atoms with van der Waals surface area (Å²) >= 11 is 6.54. The highest BCUT2D eigenvalue weighted by molar-refractivity contribution is 6.33. The fraction of sp³-hybridized carbons (Fsp3) is 0.154. The molecule has 4 rings (SSSR count). The van der Waals surface area contributed by atoms with Gasteiger partial charge >= 0.3 is 0 Å². The van der Waals surface area contributed by atoms with Crippen LogP contribution in [0.4, 0.5) is 11.4 Å². The van der Waals surface area contributed by atoms with E-state index in [1.54, 1.807) is 37.3 Å². The number of hydrazone groups is 1. The van der Waals surface area contributed by atoms with Crippen molar-refractivity contribution in [2.45, 2.75) is 20.5 Å². The van der Waals surface area contributed by atoms with E-state index >= 15 is 0 Å². The number of nitrogens with zero attached hydrogens (tertiary/aromatic N) is 3. The normalized spacial score (nSPS) is 14.3. The molecule has 1 heterocycles. The van der Waals surface area contributed by atoms with E-state index in [4.69, 9.17) is 21.1 Å². The predicted octanol–water partition coefficient (Wildman–Crippen LogP) is 6.03. The van der Waals surface area contributed by atoms with Gasteiger partial charge in [0.2, 0.25) is 0 Å². The molecule has 3 aromatic rings. The molecule has 0 N–H and O–H groups in total. The van der Waals surface area contributed by atoms with Gasteiger partial charge in [-0.3, -0.25) is 14.9 Å². The molecule has 9 heteroatoms. The lowest BCUT2D eigenvalue weighted by Crippen LogP contribution is -2.21. The number of nitro groups is 1. The van der Waals surface area contributed by atoms with Gasteiger partial charge in [0, 0.05) is 12.1 Å². The summed E-state index contributed by atoms with van der Waals surface area (Å²) in [5.41, 5.74) is 3.13. The zero-order chi connectivity index (χ0) is 24.9. The molecule has 0 bridgehead atoms. The van der Waals surface area contributed by atoms with E-state index in [1.165, 1.54) is 17.1 Å². The minimum atomic E-state index is -0.456. The number of hydrogen-bond acceptors (Lipinski definition) is 6. The van der Waals surface area contributed by atoms with Gasteiger partial charge in [-0.25, -0.2) is 0 Å². The van der Waals surface area contributed by atoms with Crippen LogP contribution in [0.15, 0.2) is 77.4 Å².